The third-order valence-corrected chi connectivity index (χ3v) is 5.93. The molecule has 13 heteroatoms. The summed E-state index contributed by atoms with van der Waals surface area (Å²) in [4.78, 5) is 28.9. The third kappa shape index (κ3) is 4.31. The fraction of sp³-hybridized carbons (Fsp3) is 0.286. The number of nitrogens with one attached hydrogen (secondary N) is 2. The van der Waals surface area contributed by atoms with Crippen molar-refractivity contribution in [2.75, 3.05) is 5.32 Å². The van der Waals surface area contributed by atoms with Crippen molar-refractivity contribution in [2.24, 2.45) is 7.05 Å². The number of aromatic nitrogens is 7. The van der Waals surface area contributed by atoms with Crippen LogP contribution in [-0.4, -0.2) is 40.8 Å². The number of anilines is 2. The third-order valence-electron chi connectivity index (χ3n) is 5.52. The minimum atomic E-state index is -0.713. The standard InChI is InChI=1S/C21H19ClFN9O2/c1-21(5-6-21)19-29-17(31-34-19)18(33)24-7-11-3-4-13(15(23)14(11)22)16-25-10-26-20(30-16)28-12-8-27-32(2)9-12/h3-4,8-10H,5-7H2,1-2H3,(H,24,33)(H,25,26,28,30). The van der Waals surface area contributed by atoms with Crippen LogP contribution in [-0.2, 0) is 19.0 Å². The Balaban J connectivity index is 1.29. The van der Waals surface area contributed by atoms with Gasteiger partial charge in [0.15, 0.2) is 11.6 Å². The molecule has 0 radical (unpaired) electrons. The highest BCUT2D eigenvalue weighted by molar-refractivity contribution is 6.31. The van der Waals surface area contributed by atoms with Crippen LogP contribution in [0.4, 0.5) is 16.0 Å². The zero-order valence-corrected chi connectivity index (χ0v) is 19.0. The zero-order chi connectivity index (χ0) is 23.9. The van der Waals surface area contributed by atoms with Crippen molar-refractivity contribution in [3.05, 3.63) is 59.0 Å². The summed E-state index contributed by atoms with van der Waals surface area (Å²) in [5.74, 6) is -0.552. The molecular weight excluding hydrogens is 465 g/mol. The molecule has 0 bridgehead atoms. The molecule has 0 aliphatic heterocycles. The van der Waals surface area contributed by atoms with Crippen LogP contribution in [0.3, 0.4) is 0 Å². The van der Waals surface area contributed by atoms with Crippen LogP contribution < -0.4 is 10.6 Å². The van der Waals surface area contributed by atoms with Gasteiger partial charge in [0.25, 0.3) is 11.7 Å². The normalized spacial score (nSPS) is 14.1. The van der Waals surface area contributed by atoms with Gasteiger partial charge >= 0.3 is 0 Å². The van der Waals surface area contributed by atoms with Crippen LogP contribution in [0.2, 0.25) is 5.02 Å². The van der Waals surface area contributed by atoms with Gasteiger partial charge < -0.3 is 15.2 Å². The summed E-state index contributed by atoms with van der Waals surface area (Å²) in [5.41, 5.74) is 0.995. The van der Waals surface area contributed by atoms with Gasteiger partial charge in [0.05, 0.1) is 22.5 Å². The number of rotatable bonds is 7. The minimum absolute atomic E-state index is 0.0268. The molecule has 1 amide bonds. The first-order chi connectivity index (χ1) is 16.3. The van der Waals surface area contributed by atoms with Gasteiger partial charge in [-0.05, 0) is 24.5 Å². The monoisotopic (exact) mass is 483 g/mol. The molecule has 174 valence electrons. The van der Waals surface area contributed by atoms with Gasteiger partial charge in [0.2, 0.25) is 11.8 Å². The summed E-state index contributed by atoms with van der Waals surface area (Å²) in [6.45, 7) is 1.97. The molecule has 1 fully saturated rings. The van der Waals surface area contributed by atoms with Gasteiger partial charge in [0.1, 0.15) is 6.33 Å². The van der Waals surface area contributed by atoms with Crippen molar-refractivity contribution in [3.63, 3.8) is 0 Å². The maximum atomic E-state index is 15.1. The Labute approximate surface area is 197 Å². The van der Waals surface area contributed by atoms with Crippen LogP contribution in [0, 0.1) is 5.82 Å². The maximum absolute atomic E-state index is 15.1. The van der Waals surface area contributed by atoms with Gasteiger partial charge in [-0.25, -0.2) is 14.4 Å². The molecule has 2 N–H and O–H groups in total. The summed E-state index contributed by atoms with van der Waals surface area (Å²) in [6.07, 6.45) is 6.50. The van der Waals surface area contributed by atoms with Crippen molar-refractivity contribution in [3.8, 4) is 11.4 Å². The van der Waals surface area contributed by atoms with Gasteiger partial charge in [-0.3, -0.25) is 9.48 Å². The van der Waals surface area contributed by atoms with Crippen molar-refractivity contribution < 1.29 is 13.7 Å². The predicted molar refractivity (Wildman–Crippen MR) is 119 cm³/mol. The average molecular weight is 484 g/mol. The highest BCUT2D eigenvalue weighted by Gasteiger charge is 2.44. The van der Waals surface area contributed by atoms with E-state index in [1.54, 1.807) is 30.2 Å². The maximum Gasteiger partial charge on any atom is 0.292 e. The molecule has 1 saturated carbocycles. The van der Waals surface area contributed by atoms with Crippen molar-refractivity contribution in [2.45, 2.75) is 31.7 Å². The van der Waals surface area contributed by atoms with E-state index >= 15 is 4.39 Å². The van der Waals surface area contributed by atoms with E-state index in [0.29, 0.717) is 17.1 Å². The number of aryl methyl sites for hydroxylation is 1. The average Bonchev–Trinajstić information content (AvgIpc) is 3.20. The van der Waals surface area contributed by atoms with Crippen LogP contribution in [0.1, 0.15) is 41.8 Å². The largest absolute Gasteiger partial charge is 0.345 e. The lowest BCUT2D eigenvalue weighted by atomic mass is 10.1. The van der Waals surface area contributed by atoms with E-state index < -0.39 is 11.7 Å². The van der Waals surface area contributed by atoms with Crippen LogP contribution in [0.5, 0.6) is 0 Å². The highest BCUT2D eigenvalue weighted by atomic mass is 35.5. The number of hydrogen-bond acceptors (Lipinski definition) is 9. The smallest absolute Gasteiger partial charge is 0.292 e. The SMILES string of the molecule is Cn1cc(Nc2ncnc(-c3ccc(CNC(=O)c4noc(C5(C)CC5)n4)c(Cl)c3F)n2)cn1. The van der Waals surface area contributed by atoms with Crippen LogP contribution in [0.25, 0.3) is 11.4 Å². The van der Waals surface area contributed by atoms with Crippen molar-refractivity contribution in [1.29, 1.82) is 0 Å². The quantitative estimate of drug-likeness (QED) is 0.406. The number of amides is 1. The molecule has 1 aliphatic rings. The lowest BCUT2D eigenvalue weighted by Crippen LogP contribution is -2.24. The van der Waals surface area contributed by atoms with E-state index in [2.05, 4.69) is 40.8 Å². The number of hydrogen-bond donors (Lipinski definition) is 2. The molecule has 0 saturated heterocycles. The lowest BCUT2D eigenvalue weighted by molar-refractivity contribution is 0.0937. The molecule has 11 nitrogen and oxygen atoms in total. The second-order valence-corrected chi connectivity index (χ2v) is 8.61. The fourth-order valence-electron chi connectivity index (χ4n) is 3.22. The Hall–Kier alpha value is -3.93. The summed E-state index contributed by atoms with van der Waals surface area (Å²) in [5, 5.41) is 13.2. The number of halogens is 2. The summed E-state index contributed by atoms with van der Waals surface area (Å²) >= 11 is 6.25. The van der Waals surface area contributed by atoms with E-state index in [9.17, 15) is 4.79 Å². The van der Waals surface area contributed by atoms with Gasteiger partial charge in [0, 0.05) is 25.2 Å². The zero-order valence-electron chi connectivity index (χ0n) is 18.2. The van der Waals surface area contributed by atoms with Crippen LogP contribution >= 0.6 is 11.6 Å². The van der Waals surface area contributed by atoms with E-state index in [4.69, 9.17) is 16.1 Å². The Morgan fingerprint density at radius 1 is 1.29 bits per heavy atom. The first-order valence-corrected chi connectivity index (χ1v) is 10.7. The van der Waals surface area contributed by atoms with Crippen molar-refractivity contribution >= 4 is 29.1 Å². The minimum Gasteiger partial charge on any atom is -0.345 e. The molecule has 1 aliphatic carbocycles. The molecule has 0 spiro atoms. The van der Waals surface area contributed by atoms with E-state index in [0.717, 1.165) is 12.8 Å². The predicted octanol–water partition coefficient (Wildman–Crippen LogP) is 3.17. The summed E-state index contributed by atoms with van der Waals surface area (Å²) in [7, 11) is 1.78. The van der Waals surface area contributed by atoms with Crippen LogP contribution in [0.15, 0.2) is 35.4 Å². The molecule has 0 atom stereocenters. The van der Waals surface area contributed by atoms with E-state index in [1.165, 1.54) is 12.4 Å². The Kier molecular flexibility index (Phi) is 5.44. The number of carbonyl (C=O) groups excluding carboxylic acids is 1. The topological polar surface area (TPSA) is 137 Å². The van der Waals surface area contributed by atoms with Crippen molar-refractivity contribution in [1.82, 2.24) is 40.2 Å². The molecular formula is C21H19ClFN9O2. The second kappa shape index (κ2) is 8.45. The van der Waals surface area contributed by atoms with E-state index in [-0.39, 0.29) is 40.1 Å². The molecule has 3 aromatic heterocycles. The van der Waals surface area contributed by atoms with E-state index in [1.807, 2.05) is 6.92 Å². The Morgan fingerprint density at radius 3 is 2.85 bits per heavy atom. The molecule has 34 heavy (non-hydrogen) atoms. The number of carbonyl (C=O) groups is 1. The fourth-order valence-corrected chi connectivity index (χ4v) is 3.45. The molecule has 5 rings (SSSR count). The Morgan fingerprint density at radius 2 is 2.12 bits per heavy atom. The molecule has 0 unspecified atom stereocenters. The van der Waals surface area contributed by atoms with Gasteiger partial charge in [-0.1, -0.05) is 29.7 Å². The first-order valence-electron chi connectivity index (χ1n) is 10.4. The summed E-state index contributed by atoms with van der Waals surface area (Å²) in [6, 6.07) is 3.08. The molecule has 4 aromatic rings. The van der Waals surface area contributed by atoms with Gasteiger partial charge in [-0.2, -0.15) is 15.1 Å². The number of nitrogens with zero attached hydrogens (tertiary/aromatic N) is 7. The first kappa shape index (κ1) is 21.9. The van der Waals surface area contributed by atoms with Gasteiger partial charge in [-0.15, -0.1) is 0 Å². The highest BCUT2D eigenvalue weighted by Crippen LogP contribution is 2.46. The summed E-state index contributed by atoms with van der Waals surface area (Å²) < 4.78 is 21.9. The molecule has 1 aromatic carbocycles. The lowest BCUT2D eigenvalue weighted by Gasteiger charge is -2.10. The molecule has 3 heterocycles. The second-order valence-electron chi connectivity index (χ2n) is 8.23. The Bertz CT molecular complexity index is 1380. The number of benzene rings is 1.